The Morgan fingerprint density at radius 2 is 1.89 bits per heavy atom. The van der Waals surface area contributed by atoms with Crippen molar-refractivity contribution in [1.82, 2.24) is 19.7 Å². The van der Waals surface area contributed by atoms with Crippen LogP contribution in [0.3, 0.4) is 0 Å². The Morgan fingerprint density at radius 3 is 2.63 bits per heavy atom. The maximum Gasteiger partial charge on any atom is 0.248 e. The Labute approximate surface area is 109 Å². The summed E-state index contributed by atoms with van der Waals surface area (Å²) in [4.78, 5) is 8.19. The molecule has 3 aromatic rings. The van der Waals surface area contributed by atoms with Gasteiger partial charge in [0.15, 0.2) is 0 Å². The van der Waals surface area contributed by atoms with Crippen molar-refractivity contribution in [2.45, 2.75) is 0 Å². The molecule has 1 aromatic carbocycles. The Hall–Kier alpha value is -2.89. The van der Waals surface area contributed by atoms with Crippen LogP contribution in [-0.4, -0.2) is 19.7 Å². The van der Waals surface area contributed by atoms with E-state index in [-0.39, 0.29) is 0 Å². The topological polar surface area (TPSA) is 81.7 Å². The van der Waals surface area contributed by atoms with E-state index in [0.29, 0.717) is 11.9 Å². The summed E-state index contributed by atoms with van der Waals surface area (Å²) < 4.78 is 1.58. The van der Waals surface area contributed by atoms with Gasteiger partial charge in [0.1, 0.15) is 0 Å². The summed E-state index contributed by atoms with van der Waals surface area (Å²) in [6.07, 6.45) is 3.40. The van der Waals surface area contributed by atoms with Gasteiger partial charge in [-0.2, -0.15) is 9.67 Å². The molecule has 0 bridgehead atoms. The lowest BCUT2D eigenvalue weighted by Crippen LogP contribution is -2.01. The lowest BCUT2D eigenvalue weighted by atomic mass is 10.3. The zero-order valence-corrected chi connectivity index (χ0v) is 10.1. The standard InChI is InChI=1S/C13H12N6/c14-12-17-13(16-10-5-4-8-15-9-10)18-19(12)11-6-2-1-3-7-11/h1-9H,(H3,14,16,17,18). The first kappa shape index (κ1) is 11.2. The smallest absolute Gasteiger partial charge is 0.248 e. The van der Waals surface area contributed by atoms with Crippen LogP contribution in [0.5, 0.6) is 0 Å². The van der Waals surface area contributed by atoms with Crippen LogP contribution in [-0.2, 0) is 0 Å². The molecule has 3 N–H and O–H groups in total. The van der Waals surface area contributed by atoms with E-state index < -0.39 is 0 Å². The number of anilines is 3. The van der Waals surface area contributed by atoms with Crippen molar-refractivity contribution < 1.29 is 0 Å². The van der Waals surface area contributed by atoms with E-state index in [1.807, 2.05) is 42.5 Å². The number of nitrogens with zero attached hydrogens (tertiary/aromatic N) is 4. The number of nitrogens with two attached hydrogens (primary N) is 1. The quantitative estimate of drug-likeness (QED) is 0.745. The summed E-state index contributed by atoms with van der Waals surface area (Å²) in [6.45, 7) is 0. The average Bonchev–Trinajstić information content (AvgIpc) is 2.82. The van der Waals surface area contributed by atoms with Crippen LogP contribution >= 0.6 is 0 Å². The van der Waals surface area contributed by atoms with Gasteiger partial charge in [0.25, 0.3) is 0 Å². The molecular weight excluding hydrogens is 240 g/mol. The molecule has 19 heavy (non-hydrogen) atoms. The fourth-order valence-corrected chi connectivity index (χ4v) is 1.70. The van der Waals surface area contributed by atoms with Gasteiger partial charge in [0, 0.05) is 6.20 Å². The van der Waals surface area contributed by atoms with E-state index in [2.05, 4.69) is 20.4 Å². The Morgan fingerprint density at radius 1 is 1.05 bits per heavy atom. The van der Waals surface area contributed by atoms with Crippen molar-refractivity contribution in [3.63, 3.8) is 0 Å². The predicted molar refractivity (Wildman–Crippen MR) is 73.3 cm³/mol. The molecule has 0 saturated heterocycles. The average molecular weight is 252 g/mol. The van der Waals surface area contributed by atoms with Gasteiger partial charge in [-0.1, -0.05) is 18.2 Å². The van der Waals surface area contributed by atoms with Gasteiger partial charge < -0.3 is 11.1 Å². The van der Waals surface area contributed by atoms with Crippen LogP contribution in [0.2, 0.25) is 0 Å². The van der Waals surface area contributed by atoms with Crippen LogP contribution in [0.25, 0.3) is 5.69 Å². The maximum absolute atomic E-state index is 5.86. The monoisotopic (exact) mass is 252 g/mol. The molecule has 0 unspecified atom stereocenters. The van der Waals surface area contributed by atoms with Gasteiger partial charge in [0.05, 0.1) is 17.6 Å². The van der Waals surface area contributed by atoms with Gasteiger partial charge in [-0.3, -0.25) is 4.98 Å². The summed E-state index contributed by atoms with van der Waals surface area (Å²) in [7, 11) is 0. The first-order chi connectivity index (χ1) is 9.33. The van der Waals surface area contributed by atoms with Crippen LogP contribution < -0.4 is 11.1 Å². The van der Waals surface area contributed by atoms with Crippen molar-refractivity contribution in [2.24, 2.45) is 0 Å². The molecule has 6 nitrogen and oxygen atoms in total. The highest BCUT2D eigenvalue weighted by Crippen LogP contribution is 2.16. The van der Waals surface area contributed by atoms with E-state index in [0.717, 1.165) is 11.4 Å². The number of hydrogen-bond donors (Lipinski definition) is 2. The minimum atomic E-state index is 0.331. The normalized spacial score (nSPS) is 10.3. The molecule has 0 aliphatic carbocycles. The minimum absolute atomic E-state index is 0.331. The van der Waals surface area contributed by atoms with Crippen molar-refractivity contribution in [3.8, 4) is 5.69 Å². The Kier molecular flexibility index (Phi) is 2.82. The molecule has 0 aliphatic heterocycles. The molecule has 0 amide bonds. The van der Waals surface area contributed by atoms with Gasteiger partial charge in [-0.15, -0.1) is 5.10 Å². The predicted octanol–water partition coefficient (Wildman–Crippen LogP) is 1.99. The molecule has 0 spiro atoms. The first-order valence-corrected chi connectivity index (χ1v) is 5.78. The number of nitrogen functional groups attached to an aromatic ring is 1. The molecule has 0 saturated carbocycles. The zero-order chi connectivity index (χ0) is 13.1. The highest BCUT2D eigenvalue weighted by molar-refractivity contribution is 5.53. The summed E-state index contributed by atoms with van der Waals surface area (Å²) in [5, 5.41) is 7.37. The molecule has 2 heterocycles. The number of pyridine rings is 1. The zero-order valence-electron chi connectivity index (χ0n) is 10.1. The molecule has 3 rings (SSSR count). The summed E-state index contributed by atoms with van der Waals surface area (Å²) >= 11 is 0. The second-order valence-electron chi connectivity index (χ2n) is 3.91. The fourth-order valence-electron chi connectivity index (χ4n) is 1.70. The SMILES string of the molecule is Nc1nc(Nc2cccnc2)nn1-c1ccccc1. The third kappa shape index (κ3) is 2.37. The molecule has 0 aliphatic rings. The number of rotatable bonds is 3. The lowest BCUT2D eigenvalue weighted by molar-refractivity contribution is 0.894. The third-order valence-corrected chi connectivity index (χ3v) is 2.55. The van der Waals surface area contributed by atoms with Crippen molar-refractivity contribution in [1.29, 1.82) is 0 Å². The molecule has 6 heteroatoms. The van der Waals surface area contributed by atoms with Gasteiger partial charge in [0.2, 0.25) is 11.9 Å². The molecular formula is C13H12N6. The number of nitrogens with one attached hydrogen (secondary N) is 1. The van der Waals surface area contributed by atoms with Crippen LogP contribution in [0.1, 0.15) is 0 Å². The van der Waals surface area contributed by atoms with Crippen molar-refractivity contribution in [3.05, 3.63) is 54.9 Å². The minimum Gasteiger partial charge on any atom is -0.368 e. The van der Waals surface area contributed by atoms with Crippen LogP contribution in [0.4, 0.5) is 17.6 Å². The Bertz CT molecular complexity index is 662. The van der Waals surface area contributed by atoms with E-state index >= 15 is 0 Å². The van der Waals surface area contributed by atoms with Crippen LogP contribution in [0.15, 0.2) is 54.9 Å². The molecule has 0 fully saturated rings. The highest BCUT2D eigenvalue weighted by Gasteiger charge is 2.08. The number of para-hydroxylation sites is 1. The van der Waals surface area contributed by atoms with E-state index in [4.69, 9.17) is 5.73 Å². The van der Waals surface area contributed by atoms with Crippen molar-refractivity contribution in [2.75, 3.05) is 11.1 Å². The second-order valence-corrected chi connectivity index (χ2v) is 3.91. The summed E-state index contributed by atoms with van der Waals surface area (Å²) in [6, 6.07) is 13.3. The van der Waals surface area contributed by atoms with Crippen molar-refractivity contribution >= 4 is 17.6 Å². The van der Waals surface area contributed by atoms with Crippen LogP contribution in [0, 0.1) is 0 Å². The number of benzene rings is 1. The largest absolute Gasteiger partial charge is 0.368 e. The van der Waals surface area contributed by atoms with Gasteiger partial charge >= 0.3 is 0 Å². The summed E-state index contributed by atoms with van der Waals surface area (Å²) in [5.41, 5.74) is 7.54. The Balaban J connectivity index is 1.90. The number of aromatic nitrogens is 4. The molecule has 0 radical (unpaired) electrons. The second kappa shape index (κ2) is 4.77. The lowest BCUT2D eigenvalue weighted by Gasteiger charge is -2.01. The molecule has 2 aromatic heterocycles. The van der Waals surface area contributed by atoms with E-state index in [1.54, 1.807) is 17.1 Å². The maximum atomic E-state index is 5.86. The highest BCUT2D eigenvalue weighted by atomic mass is 15.4. The number of hydrogen-bond acceptors (Lipinski definition) is 5. The fraction of sp³-hybridized carbons (Fsp3) is 0. The first-order valence-electron chi connectivity index (χ1n) is 5.78. The van der Waals surface area contributed by atoms with E-state index in [1.165, 1.54) is 0 Å². The molecule has 0 atom stereocenters. The van der Waals surface area contributed by atoms with E-state index in [9.17, 15) is 0 Å². The van der Waals surface area contributed by atoms with Gasteiger partial charge in [-0.25, -0.2) is 0 Å². The summed E-state index contributed by atoms with van der Waals surface area (Å²) in [5.74, 6) is 0.770. The third-order valence-electron chi connectivity index (χ3n) is 2.55. The molecule has 94 valence electrons. The van der Waals surface area contributed by atoms with Gasteiger partial charge in [-0.05, 0) is 24.3 Å².